The SMILES string of the molecule is NC1=NC(c2cccc(NC(=O)Oc3ccc(Br)cn3)c2)(C(F)F)COC1. The lowest BCUT2D eigenvalue weighted by Gasteiger charge is -2.33. The number of amides is 1. The molecule has 1 atom stereocenters. The van der Waals surface area contributed by atoms with Crippen molar-refractivity contribution in [3.63, 3.8) is 0 Å². The summed E-state index contributed by atoms with van der Waals surface area (Å²) in [6, 6.07) is 9.08. The minimum absolute atomic E-state index is 0.00106. The van der Waals surface area contributed by atoms with Gasteiger partial charge in [0.2, 0.25) is 5.88 Å². The number of nitrogens with zero attached hydrogens (tertiary/aromatic N) is 2. The van der Waals surface area contributed by atoms with Gasteiger partial charge in [-0.1, -0.05) is 12.1 Å². The Morgan fingerprint density at radius 2 is 2.19 bits per heavy atom. The molecule has 0 fully saturated rings. The highest BCUT2D eigenvalue weighted by atomic mass is 79.9. The predicted molar refractivity (Wildman–Crippen MR) is 98.1 cm³/mol. The van der Waals surface area contributed by atoms with Gasteiger partial charge in [0.05, 0.1) is 6.61 Å². The number of alkyl halides is 2. The molecule has 1 aromatic carbocycles. The lowest BCUT2D eigenvalue weighted by atomic mass is 9.90. The van der Waals surface area contributed by atoms with Crippen molar-refractivity contribution in [3.8, 4) is 5.88 Å². The number of rotatable bonds is 4. The predicted octanol–water partition coefficient (Wildman–Crippen LogP) is 3.30. The van der Waals surface area contributed by atoms with Crippen LogP contribution in [-0.2, 0) is 10.3 Å². The van der Waals surface area contributed by atoms with E-state index in [9.17, 15) is 13.6 Å². The second kappa shape index (κ2) is 7.97. The Morgan fingerprint density at radius 3 is 2.85 bits per heavy atom. The highest BCUT2D eigenvalue weighted by Gasteiger charge is 2.44. The van der Waals surface area contributed by atoms with Crippen LogP contribution in [0.3, 0.4) is 0 Å². The molecule has 0 spiro atoms. The van der Waals surface area contributed by atoms with Gasteiger partial charge in [-0.05, 0) is 39.7 Å². The Morgan fingerprint density at radius 1 is 1.37 bits per heavy atom. The molecule has 0 aliphatic carbocycles. The number of carbonyl (C=O) groups is 1. The van der Waals surface area contributed by atoms with Crippen molar-refractivity contribution in [2.45, 2.75) is 12.0 Å². The fraction of sp³-hybridized carbons (Fsp3) is 0.235. The Labute approximate surface area is 161 Å². The molecular weight excluding hydrogens is 426 g/mol. The van der Waals surface area contributed by atoms with E-state index in [0.717, 1.165) is 4.47 Å². The summed E-state index contributed by atoms with van der Waals surface area (Å²) >= 11 is 3.22. The maximum Gasteiger partial charge on any atom is 0.418 e. The number of anilines is 1. The third-order valence-corrected chi connectivity index (χ3v) is 4.25. The largest absolute Gasteiger partial charge is 0.418 e. The third-order valence-electron chi connectivity index (χ3n) is 3.78. The van der Waals surface area contributed by atoms with Crippen LogP contribution in [0.5, 0.6) is 5.88 Å². The molecule has 142 valence electrons. The van der Waals surface area contributed by atoms with Gasteiger partial charge in [-0.2, -0.15) is 0 Å². The molecule has 2 heterocycles. The molecule has 1 unspecified atom stereocenters. The summed E-state index contributed by atoms with van der Waals surface area (Å²) in [6.07, 6.45) is -2.18. The van der Waals surface area contributed by atoms with Crippen molar-refractivity contribution in [1.29, 1.82) is 0 Å². The number of pyridine rings is 1. The number of carbonyl (C=O) groups excluding carboxylic acids is 1. The van der Waals surface area contributed by atoms with Crippen LogP contribution < -0.4 is 15.8 Å². The van der Waals surface area contributed by atoms with Gasteiger partial charge in [-0.3, -0.25) is 10.3 Å². The first kappa shape index (κ1) is 19.2. The van der Waals surface area contributed by atoms with E-state index in [4.69, 9.17) is 15.2 Å². The number of benzene rings is 1. The van der Waals surface area contributed by atoms with Crippen LogP contribution in [-0.4, -0.2) is 36.6 Å². The van der Waals surface area contributed by atoms with Crippen LogP contribution in [0.4, 0.5) is 19.3 Å². The summed E-state index contributed by atoms with van der Waals surface area (Å²) in [7, 11) is 0. The molecule has 0 saturated carbocycles. The minimum Gasteiger partial charge on any atom is -0.391 e. The molecule has 1 aliphatic rings. The molecule has 27 heavy (non-hydrogen) atoms. The van der Waals surface area contributed by atoms with Crippen molar-refractivity contribution in [1.82, 2.24) is 4.98 Å². The number of nitrogens with two attached hydrogens (primary N) is 1. The van der Waals surface area contributed by atoms with E-state index >= 15 is 0 Å². The number of hydrogen-bond acceptors (Lipinski definition) is 6. The molecule has 3 N–H and O–H groups in total. The van der Waals surface area contributed by atoms with E-state index in [1.165, 1.54) is 36.5 Å². The van der Waals surface area contributed by atoms with Crippen molar-refractivity contribution in [2.24, 2.45) is 10.7 Å². The lowest BCUT2D eigenvalue weighted by Crippen LogP contribution is -2.44. The van der Waals surface area contributed by atoms with Crippen molar-refractivity contribution in [2.75, 3.05) is 18.5 Å². The smallest absolute Gasteiger partial charge is 0.391 e. The summed E-state index contributed by atoms with van der Waals surface area (Å²) in [6.45, 7) is -0.318. The molecule has 3 rings (SSSR count). The molecule has 2 aromatic rings. The van der Waals surface area contributed by atoms with Gasteiger partial charge in [-0.15, -0.1) is 0 Å². The van der Waals surface area contributed by atoms with E-state index in [1.54, 1.807) is 6.07 Å². The Kier molecular flexibility index (Phi) is 5.66. The molecule has 0 radical (unpaired) electrons. The maximum absolute atomic E-state index is 13.8. The zero-order valence-electron chi connectivity index (χ0n) is 13.9. The summed E-state index contributed by atoms with van der Waals surface area (Å²) < 4.78 is 38.5. The van der Waals surface area contributed by atoms with Crippen molar-refractivity contribution in [3.05, 3.63) is 52.6 Å². The first-order valence-electron chi connectivity index (χ1n) is 7.80. The first-order valence-corrected chi connectivity index (χ1v) is 8.59. The molecule has 1 aliphatic heterocycles. The molecular formula is C17H15BrF2N4O3. The second-order valence-corrected chi connectivity index (χ2v) is 6.65. The van der Waals surface area contributed by atoms with Crippen LogP contribution >= 0.6 is 15.9 Å². The average Bonchev–Trinajstić information content (AvgIpc) is 2.63. The Hall–Kier alpha value is -2.59. The van der Waals surface area contributed by atoms with Crippen LogP contribution in [0.1, 0.15) is 5.56 Å². The maximum atomic E-state index is 13.8. The third kappa shape index (κ3) is 4.40. The second-order valence-electron chi connectivity index (χ2n) is 5.73. The van der Waals surface area contributed by atoms with Gasteiger partial charge < -0.3 is 15.2 Å². The minimum atomic E-state index is -2.84. The van der Waals surface area contributed by atoms with Gasteiger partial charge in [-0.25, -0.2) is 18.6 Å². The van der Waals surface area contributed by atoms with Gasteiger partial charge in [0.15, 0.2) is 5.54 Å². The van der Waals surface area contributed by atoms with Crippen LogP contribution in [0.25, 0.3) is 0 Å². The molecule has 0 saturated heterocycles. The number of ether oxygens (including phenoxy) is 2. The van der Waals surface area contributed by atoms with Crippen LogP contribution in [0, 0.1) is 0 Å². The summed E-state index contributed by atoms with van der Waals surface area (Å²) in [5, 5.41) is 2.47. The average molecular weight is 441 g/mol. The standard InChI is InChI=1S/C17H15BrF2N4O3/c18-11-4-5-14(22-7-11)27-16(25)23-12-3-1-2-10(6-12)17(15(19)20)9-26-8-13(21)24-17/h1-7,15H,8-9H2,(H2,21,24)(H,23,25). The highest BCUT2D eigenvalue weighted by Crippen LogP contribution is 2.36. The number of nitrogens with one attached hydrogen (secondary N) is 1. The first-order chi connectivity index (χ1) is 12.9. The molecule has 10 heteroatoms. The Balaban J connectivity index is 1.79. The summed E-state index contributed by atoms with van der Waals surface area (Å²) in [5.41, 5.74) is 4.10. The van der Waals surface area contributed by atoms with Gasteiger partial charge in [0.25, 0.3) is 6.43 Å². The number of aliphatic imine (C=N–C) groups is 1. The van der Waals surface area contributed by atoms with Crippen molar-refractivity contribution >= 4 is 33.5 Å². The normalized spacial score (nSPS) is 19.5. The van der Waals surface area contributed by atoms with Crippen LogP contribution in [0.15, 0.2) is 52.1 Å². The lowest BCUT2D eigenvalue weighted by molar-refractivity contribution is -0.0129. The quantitative estimate of drug-likeness (QED) is 0.759. The topological polar surface area (TPSA) is 98.8 Å². The fourth-order valence-corrected chi connectivity index (χ4v) is 2.78. The van der Waals surface area contributed by atoms with E-state index in [-0.39, 0.29) is 36.2 Å². The zero-order valence-corrected chi connectivity index (χ0v) is 15.4. The fourth-order valence-electron chi connectivity index (χ4n) is 2.54. The van der Waals surface area contributed by atoms with E-state index < -0.39 is 18.1 Å². The molecule has 1 aromatic heterocycles. The molecule has 1 amide bonds. The Bertz CT molecular complexity index is 864. The number of halogens is 3. The summed E-state index contributed by atoms with van der Waals surface area (Å²) in [5.74, 6) is 0.0783. The molecule has 0 bridgehead atoms. The highest BCUT2D eigenvalue weighted by molar-refractivity contribution is 9.10. The van der Waals surface area contributed by atoms with E-state index in [2.05, 4.69) is 31.2 Å². The number of amidine groups is 1. The monoisotopic (exact) mass is 440 g/mol. The number of aromatic nitrogens is 1. The van der Waals surface area contributed by atoms with Gasteiger partial charge >= 0.3 is 6.09 Å². The van der Waals surface area contributed by atoms with E-state index in [1.807, 2.05) is 0 Å². The number of hydrogen-bond donors (Lipinski definition) is 2. The summed E-state index contributed by atoms with van der Waals surface area (Å²) in [4.78, 5) is 19.9. The van der Waals surface area contributed by atoms with E-state index in [0.29, 0.717) is 0 Å². The van der Waals surface area contributed by atoms with Crippen LogP contribution in [0.2, 0.25) is 0 Å². The zero-order chi connectivity index (χ0) is 19.4. The van der Waals surface area contributed by atoms with Crippen molar-refractivity contribution < 1.29 is 23.0 Å². The van der Waals surface area contributed by atoms with Gasteiger partial charge in [0.1, 0.15) is 12.4 Å². The molecule has 7 nitrogen and oxygen atoms in total. The van der Waals surface area contributed by atoms with Gasteiger partial charge in [0, 0.05) is 22.4 Å².